The van der Waals surface area contributed by atoms with E-state index in [0.29, 0.717) is 16.9 Å². The number of rotatable bonds is 5. The Morgan fingerprint density at radius 2 is 1.62 bits per heavy atom. The van der Waals surface area contributed by atoms with Gasteiger partial charge in [0.15, 0.2) is 5.78 Å². The van der Waals surface area contributed by atoms with Crippen molar-refractivity contribution in [2.75, 3.05) is 17.2 Å². The summed E-state index contributed by atoms with van der Waals surface area (Å²) in [6.45, 7) is 3.44. The first kappa shape index (κ1) is 17.2. The number of para-hydroxylation sites is 1. The smallest absolute Gasteiger partial charge is 0.340 e. The summed E-state index contributed by atoms with van der Waals surface area (Å²) >= 11 is 0. The Bertz CT molecular complexity index is 754. The molecule has 2 aromatic carbocycles. The number of carbonyl (C=O) groups is 3. The van der Waals surface area contributed by atoms with Crippen LogP contribution in [0.2, 0.25) is 0 Å². The van der Waals surface area contributed by atoms with Gasteiger partial charge < -0.3 is 15.4 Å². The van der Waals surface area contributed by atoms with E-state index in [-0.39, 0.29) is 18.0 Å². The number of carbonyl (C=O) groups excluding carboxylic acids is 3. The van der Waals surface area contributed by atoms with Gasteiger partial charge in [-0.15, -0.1) is 0 Å². The van der Waals surface area contributed by atoms with Gasteiger partial charge in [0.2, 0.25) is 0 Å². The number of esters is 1. The van der Waals surface area contributed by atoms with Crippen LogP contribution in [-0.4, -0.2) is 24.4 Å². The van der Waals surface area contributed by atoms with Gasteiger partial charge >= 0.3 is 12.0 Å². The van der Waals surface area contributed by atoms with E-state index in [2.05, 4.69) is 10.6 Å². The van der Waals surface area contributed by atoms with E-state index >= 15 is 0 Å². The van der Waals surface area contributed by atoms with Crippen LogP contribution < -0.4 is 10.6 Å². The average molecular weight is 326 g/mol. The van der Waals surface area contributed by atoms with Crippen molar-refractivity contribution in [3.8, 4) is 0 Å². The third kappa shape index (κ3) is 4.42. The molecule has 0 unspecified atom stereocenters. The summed E-state index contributed by atoms with van der Waals surface area (Å²) < 4.78 is 4.96. The molecule has 2 amide bonds. The summed E-state index contributed by atoms with van der Waals surface area (Å²) in [7, 11) is 0. The Hall–Kier alpha value is -3.15. The van der Waals surface area contributed by atoms with Crippen molar-refractivity contribution in [1.82, 2.24) is 0 Å². The molecule has 0 bridgehead atoms. The van der Waals surface area contributed by atoms with Crippen LogP contribution in [0.5, 0.6) is 0 Å². The predicted molar refractivity (Wildman–Crippen MR) is 91.5 cm³/mol. The number of anilines is 2. The molecule has 2 N–H and O–H groups in total. The molecular weight excluding hydrogens is 308 g/mol. The van der Waals surface area contributed by atoms with Crippen molar-refractivity contribution in [3.05, 3.63) is 59.7 Å². The summed E-state index contributed by atoms with van der Waals surface area (Å²) in [4.78, 5) is 35.2. The minimum Gasteiger partial charge on any atom is -0.462 e. The van der Waals surface area contributed by atoms with E-state index in [0.717, 1.165) is 0 Å². The largest absolute Gasteiger partial charge is 0.462 e. The Labute approximate surface area is 139 Å². The van der Waals surface area contributed by atoms with Gasteiger partial charge in [-0.2, -0.15) is 0 Å². The zero-order valence-corrected chi connectivity index (χ0v) is 13.5. The maximum atomic E-state index is 12.1. The Balaban J connectivity index is 2.07. The number of amides is 2. The first-order valence-electron chi connectivity index (χ1n) is 7.46. The minimum absolute atomic E-state index is 0.0469. The molecule has 0 fully saturated rings. The number of benzene rings is 2. The SMILES string of the molecule is CCOC(=O)c1ccccc1NC(=O)Nc1ccc(C(C)=O)cc1. The molecule has 0 aromatic heterocycles. The molecule has 0 aliphatic heterocycles. The van der Waals surface area contributed by atoms with Crippen molar-refractivity contribution >= 4 is 29.2 Å². The fraction of sp³-hybridized carbons (Fsp3) is 0.167. The lowest BCUT2D eigenvalue weighted by molar-refractivity contribution is 0.0527. The van der Waals surface area contributed by atoms with Gasteiger partial charge in [0.25, 0.3) is 0 Å². The number of nitrogens with one attached hydrogen (secondary N) is 2. The molecule has 0 heterocycles. The van der Waals surface area contributed by atoms with Gasteiger partial charge in [-0.1, -0.05) is 12.1 Å². The van der Waals surface area contributed by atoms with Gasteiger partial charge in [-0.3, -0.25) is 4.79 Å². The maximum Gasteiger partial charge on any atom is 0.340 e. The van der Waals surface area contributed by atoms with Crippen LogP contribution in [0.3, 0.4) is 0 Å². The maximum absolute atomic E-state index is 12.1. The van der Waals surface area contributed by atoms with Crippen LogP contribution in [-0.2, 0) is 4.74 Å². The molecule has 6 nitrogen and oxygen atoms in total. The zero-order valence-electron chi connectivity index (χ0n) is 13.5. The highest BCUT2D eigenvalue weighted by molar-refractivity contribution is 6.05. The Kier molecular flexibility index (Phi) is 5.68. The Morgan fingerprint density at radius 1 is 0.958 bits per heavy atom. The highest BCUT2D eigenvalue weighted by Gasteiger charge is 2.13. The number of ketones is 1. The molecule has 0 aliphatic carbocycles. The molecule has 124 valence electrons. The van der Waals surface area contributed by atoms with Crippen LogP contribution in [0.15, 0.2) is 48.5 Å². The fourth-order valence-corrected chi connectivity index (χ4v) is 2.05. The summed E-state index contributed by atoms with van der Waals surface area (Å²) in [5.74, 6) is -0.548. The number of Topliss-reactive ketones (excluding diaryl/α,β-unsaturated/α-hetero) is 1. The van der Waals surface area contributed by atoms with Crippen molar-refractivity contribution in [2.45, 2.75) is 13.8 Å². The summed E-state index contributed by atoms with van der Waals surface area (Å²) in [6.07, 6.45) is 0. The van der Waals surface area contributed by atoms with Crippen molar-refractivity contribution in [2.24, 2.45) is 0 Å². The van der Waals surface area contributed by atoms with Crippen molar-refractivity contribution in [3.63, 3.8) is 0 Å². The molecule has 6 heteroatoms. The van der Waals surface area contributed by atoms with Gasteiger partial charge in [0.05, 0.1) is 17.9 Å². The summed E-state index contributed by atoms with van der Waals surface area (Å²) in [5.41, 5.74) is 1.73. The lowest BCUT2D eigenvalue weighted by Gasteiger charge is -2.11. The van der Waals surface area contributed by atoms with Crippen LogP contribution >= 0.6 is 0 Å². The molecule has 0 spiro atoms. The number of urea groups is 1. The number of hydrogen-bond donors (Lipinski definition) is 2. The van der Waals surface area contributed by atoms with E-state index in [9.17, 15) is 14.4 Å². The second-order valence-corrected chi connectivity index (χ2v) is 4.98. The lowest BCUT2D eigenvalue weighted by Crippen LogP contribution is -2.21. The lowest BCUT2D eigenvalue weighted by atomic mass is 10.1. The van der Waals surface area contributed by atoms with Crippen LogP contribution in [0.4, 0.5) is 16.2 Å². The van der Waals surface area contributed by atoms with Crippen LogP contribution in [0, 0.1) is 0 Å². The quantitative estimate of drug-likeness (QED) is 0.648. The van der Waals surface area contributed by atoms with Gasteiger partial charge in [0.1, 0.15) is 0 Å². The van der Waals surface area contributed by atoms with E-state index < -0.39 is 12.0 Å². The van der Waals surface area contributed by atoms with Gasteiger partial charge in [-0.25, -0.2) is 9.59 Å². The van der Waals surface area contributed by atoms with Gasteiger partial charge in [-0.05, 0) is 50.2 Å². The molecule has 0 saturated carbocycles. The number of hydrogen-bond acceptors (Lipinski definition) is 4. The van der Waals surface area contributed by atoms with Crippen LogP contribution in [0.25, 0.3) is 0 Å². The van der Waals surface area contributed by atoms with Crippen molar-refractivity contribution < 1.29 is 19.1 Å². The molecule has 2 aromatic rings. The highest BCUT2D eigenvalue weighted by atomic mass is 16.5. The first-order chi connectivity index (χ1) is 11.5. The van der Waals surface area contributed by atoms with E-state index in [1.807, 2.05) is 0 Å². The third-order valence-electron chi connectivity index (χ3n) is 3.22. The molecular formula is C18H18N2O4. The Morgan fingerprint density at radius 3 is 2.25 bits per heavy atom. The van der Waals surface area contributed by atoms with Gasteiger partial charge in [0, 0.05) is 11.3 Å². The minimum atomic E-state index is -0.501. The van der Waals surface area contributed by atoms with Crippen LogP contribution in [0.1, 0.15) is 34.6 Å². The third-order valence-corrected chi connectivity index (χ3v) is 3.22. The second-order valence-electron chi connectivity index (χ2n) is 4.98. The van der Waals surface area contributed by atoms with Crippen molar-refractivity contribution in [1.29, 1.82) is 0 Å². The fourth-order valence-electron chi connectivity index (χ4n) is 2.05. The van der Waals surface area contributed by atoms with E-state index in [4.69, 9.17) is 4.74 Å². The predicted octanol–water partition coefficient (Wildman–Crippen LogP) is 3.71. The molecule has 0 aliphatic rings. The highest BCUT2D eigenvalue weighted by Crippen LogP contribution is 2.17. The molecule has 24 heavy (non-hydrogen) atoms. The summed E-state index contributed by atoms with van der Waals surface area (Å²) in [5, 5.41) is 5.26. The molecule has 0 atom stereocenters. The normalized spacial score (nSPS) is 9.92. The van der Waals surface area contributed by atoms with E-state index in [1.54, 1.807) is 55.5 Å². The molecule has 0 radical (unpaired) electrons. The van der Waals surface area contributed by atoms with E-state index in [1.165, 1.54) is 6.92 Å². The topological polar surface area (TPSA) is 84.5 Å². The first-order valence-corrected chi connectivity index (χ1v) is 7.46. The monoisotopic (exact) mass is 326 g/mol. The molecule has 2 rings (SSSR count). The average Bonchev–Trinajstić information content (AvgIpc) is 2.56. The summed E-state index contributed by atoms with van der Waals surface area (Å²) in [6, 6.07) is 12.6. The second kappa shape index (κ2) is 7.92. The standard InChI is InChI=1S/C18H18N2O4/c1-3-24-17(22)15-6-4-5-7-16(15)20-18(23)19-14-10-8-13(9-11-14)12(2)21/h4-11H,3H2,1-2H3,(H2,19,20,23). The molecule has 0 saturated heterocycles. The zero-order chi connectivity index (χ0) is 17.5. The number of ether oxygens (including phenoxy) is 1.